The van der Waals surface area contributed by atoms with E-state index in [4.69, 9.17) is 0 Å². The van der Waals surface area contributed by atoms with E-state index in [1.165, 1.54) is 38.5 Å². The number of hydrogen-bond acceptors (Lipinski definition) is 0. The van der Waals surface area contributed by atoms with Crippen LogP contribution >= 0.6 is 0 Å². The Hall–Kier alpha value is -0.520. The zero-order valence-electron chi connectivity index (χ0n) is 8.63. The van der Waals surface area contributed by atoms with Crippen LogP contribution in [-0.2, 0) is 0 Å². The third-order valence-corrected chi connectivity index (χ3v) is 3.63. The van der Waals surface area contributed by atoms with Gasteiger partial charge in [0.2, 0.25) is 0 Å². The summed E-state index contributed by atoms with van der Waals surface area (Å²) in [6.07, 6.45) is 15.3. The fraction of sp³-hybridized carbons (Fsp3) is 0.692. The molecule has 2 aliphatic rings. The van der Waals surface area contributed by atoms with Crippen molar-refractivity contribution >= 4 is 0 Å². The van der Waals surface area contributed by atoms with Crippen LogP contribution in [0.4, 0.5) is 0 Å². The smallest absolute Gasteiger partial charge is 0.0174 e. The van der Waals surface area contributed by atoms with Gasteiger partial charge in [-0.05, 0) is 43.9 Å². The summed E-state index contributed by atoms with van der Waals surface area (Å²) in [5, 5.41) is 0. The molecular formula is C13H20. The highest BCUT2D eigenvalue weighted by atomic mass is 14.3. The second kappa shape index (κ2) is 4.13. The summed E-state index contributed by atoms with van der Waals surface area (Å²) in [5.41, 5.74) is 1.73. The van der Waals surface area contributed by atoms with Crippen LogP contribution in [0.25, 0.3) is 0 Å². The van der Waals surface area contributed by atoms with Crippen LogP contribution in [0.2, 0.25) is 0 Å². The molecule has 0 aliphatic heterocycles. The minimum atomic E-state index is 0.919. The van der Waals surface area contributed by atoms with Gasteiger partial charge in [-0.15, -0.1) is 0 Å². The second-order valence-electron chi connectivity index (χ2n) is 4.58. The topological polar surface area (TPSA) is 0 Å². The van der Waals surface area contributed by atoms with Crippen molar-refractivity contribution in [3.05, 3.63) is 23.8 Å². The van der Waals surface area contributed by atoms with Gasteiger partial charge < -0.3 is 0 Å². The zero-order chi connectivity index (χ0) is 9.10. The van der Waals surface area contributed by atoms with E-state index >= 15 is 0 Å². The Morgan fingerprint density at radius 3 is 3.08 bits per heavy atom. The lowest BCUT2D eigenvalue weighted by atomic mass is 9.89. The van der Waals surface area contributed by atoms with E-state index in [0.29, 0.717) is 0 Å². The van der Waals surface area contributed by atoms with Crippen LogP contribution in [-0.4, -0.2) is 0 Å². The predicted molar refractivity (Wildman–Crippen MR) is 57.6 cm³/mol. The van der Waals surface area contributed by atoms with Crippen molar-refractivity contribution in [3.8, 4) is 0 Å². The lowest BCUT2D eigenvalue weighted by Crippen LogP contribution is -2.05. The average molecular weight is 176 g/mol. The molecule has 2 rings (SSSR count). The van der Waals surface area contributed by atoms with E-state index in [-0.39, 0.29) is 0 Å². The van der Waals surface area contributed by atoms with Gasteiger partial charge in [-0.25, -0.2) is 0 Å². The van der Waals surface area contributed by atoms with Crippen molar-refractivity contribution in [2.75, 3.05) is 0 Å². The first kappa shape index (κ1) is 9.05. The molecule has 2 aliphatic carbocycles. The van der Waals surface area contributed by atoms with E-state index in [9.17, 15) is 0 Å². The molecule has 0 radical (unpaired) electrons. The molecule has 1 fully saturated rings. The van der Waals surface area contributed by atoms with E-state index in [1.54, 1.807) is 5.57 Å². The molecule has 13 heavy (non-hydrogen) atoms. The van der Waals surface area contributed by atoms with Gasteiger partial charge in [0.15, 0.2) is 0 Å². The fourth-order valence-electron chi connectivity index (χ4n) is 2.74. The maximum absolute atomic E-state index is 2.42. The number of allylic oxidation sites excluding steroid dienone is 4. The summed E-state index contributed by atoms with van der Waals surface area (Å²) in [7, 11) is 0. The first-order chi connectivity index (χ1) is 6.38. The standard InChI is InChI=1S/C13H20/c1-11-9-10-12-7-5-3-2-4-6-8-13(11)12/h3,5,7,11,13H,2,4,6,8-10H2,1H3/b5-3-,12-7-. The van der Waals surface area contributed by atoms with Crippen molar-refractivity contribution in [3.63, 3.8) is 0 Å². The molecule has 0 N–H and O–H groups in total. The molecule has 0 spiro atoms. The monoisotopic (exact) mass is 176 g/mol. The van der Waals surface area contributed by atoms with Crippen molar-refractivity contribution in [2.45, 2.75) is 45.4 Å². The molecule has 2 unspecified atom stereocenters. The van der Waals surface area contributed by atoms with Gasteiger partial charge >= 0.3 is 0 Å². The van der Waals surface area contributed by atoms with Crippen LogP contribution < -0.4 is 0 Å². The summed E-state index contributed by atoms with van der Waals surface area (Å²) in [6, 6.07) is 0. The molecule has 1 saturated carbocycles. The normalized spacial score (nSPS) is 40.8. The molecule has 0 aromatic carbocycles. The van der Waals surface area contributed by atoms with Crippen LogP contribution in [0.15, 0.2) is 23.8 Å². The molecule has 72 valence electrons. The Kier molecular flexibility index (Phi) is 2.87. The van der Waals surface area contributed by atoms with Gasteiger partial charge in [-0.3, -0.25) is 0 Å². The lowest BCUT2D eigenvalue weighted by molar-refractivity contribution is 0.417. The van der Waals surface area contributed by atoms with Gasteiger partial charge in [0, 0.05) is 0 Å². The maximum atomic E-state index is 2.42. The minimum Gasteiger partial charge on any atom is -0.0845 e. The van der Waals surface area contributed by atoms with E-state index in [0.717, 1.165) is 11.8 Å². The molecular weight excluding hydrogens is 156 g/mol. The number of fused-ring (bicyclic) bond motifs is 1. The highest BCUT2D eigenvalue weighted by molar-refractivity contribution is 5.19. The Bertz CT molecular complexity index is 222. The predicted octanol–water partition coefficient (Wildman–Crippen LogP) is 4.09. The quantitative estimate of drug-likeness (QED) is 0.521. The highest BCUT2D eigenvalue weighted by Crippen LogP contribution is 2.39. The molecule has 0 bridgehead atoms. The summed E-state index contributed by atoms with van der Waals surface area (Å²) in [6.45, 7) is 2.42. The highest BCUT2D eigenvalue weighted by Gasteiger charge is 2.27. The van der Waals surface area contributed by atoms with Gasteiger partial charge in [-0.2, -0.15) is 0 Å². The molecule has 2 atom stereocenters. The first-order valence-corrected chi connectivity index (χ1v) is 5.73. The Morgan fingerprint density at radius 1 is 1.23 bits per heavy atom. The van der Waals surface area contributed by atoms with E-state index < -0.39 is 0 Å². The third-order valence-electron chi connectivity index (χ3n) is 3.63. The number of hydrogen-bond donors (Lipinski definition) is 0. The summed E-state index contributed by atoms with van der Waals surface area (Å²) in [4.78, 5) is 0. The molecule has 0 amide bonds. The molecule has 0 aromatic rings. The molecule has 0 aromatic heterocycles. The average Bonchev–Trinajstić information content (AvgIpc) is 2.51. The maximum Gasteiger partial charge on any atom is -0.0174 e. The van der Waals surface area contributed by atoms with E-state index in [2.05, 4.69) is 25.2 Å². The molecule has 0 nitrogen and oxygen atoms in total. The number of rotatable bonds is 0. The van der Waals surface area contributed by atoms with E-state index in [1.807, 2.05) is 0 Å². The van der Waals surface area contributed by atoms with Crippen LogP contribution in [0.3, 0.4) is 0 Å². The SMILES string of the molecule is CC1CC/C2=C/C=C\CCCCC21. The molecule has 0 heterocycles. The summed E-state index contributed by atoms with van der Waals surface area (Å²) in [5.74, 6) is 1.86. The van der Waals surface area contributed by atoms with Crippen molar-refractivity contribution in [1.82, 2.24) is 0 Å². The zero-order valence-corrected chi connectivity index (χ0v) is 8.63. The van der Waals surface area contributed by atoms with Crippen molar-refractivity contribution in [1.29, 1.82) is 0 Å². The second-order valence-corrected chi connectivity index (χ2v) is 4.58. The first-order valence-electron chi connectivity index (χ1n) is 5.73. The Morgan fingerprint density at radius 2 is 2.15 bits per heavy atom. The fourth-order valence-corrected chi connectivity index (χ4v) is 2.74. The Labute approximate surface area is 81.7 Å². The van der Waals surface area contributed by atoms with Crippen molar-refractivity contribution in [2.24, 2.45) is 11.8 Å². The molecule has 0 saturated heterocycles. The third kappa shape index (κ3) is 2.04. The summed E-state index contributed by atoms with van der Waals surface area (Å²) >= 11 is 0. The Balaban J connectivity index is 2.12. The van der Waals surface area contributed by atoms with Crippen LogP contribution in [0.1, 0.15) is 45.4 Å². The van der Waals surface area contributed by atoms with Gasteiger partial charge in [0.25, 0.3) is 0 Å². The van der Waals surface area contributed by atoms with Gasteiger partial charge in [0.05, 0.1) is 0 Å². The van der Waals surface area contributed by atoms with Gasteiger partial charge in [-0.1, -0.05) is 37.1 Å². The van der Waals surface area contributed by atoms with Crippen LogP contribution in [0, 0.1) is 11.8 Å². The van der Waals surface area contributed by atoms with Crippen LogP contribution in [0.5, 0.6) is 0 Å². The van der Waals surface area contributed by atoms with Gasteiger partial charge in [0.1, 0.15) is 0 Å². The summed E-state index contributed by atoms with van der Waals surface area (Å²) < 4.78 is 0. The van der Waals surface area contributed by atoms with Crippen molar-refractivity contribution < 1.29 is 0 Å². The minimum absolute atomic E-state index is 0.919. The lowest BCUT2D eigenvalue weighted by Gasteiger charge is -2.16. The largest absolute Gasteiger partial charge is 0.0845 e. The molecule has 0 heteroatoms.